The third-order valence-corrected chi connectivity index (χ3v) is 3.64. The minimum atomic E-state index is -0.224. The number of nitrogens with two attached hydrogens (primary N) is 1. The lowest BCUT2D eigenvalue weighted by Crippen LogP contribution is -2.23. The Kier molecular flexibility index (Phi) is 5.63. The van der Waals surface area contributed by atoms with Crippen LogP contribution in [0.3, 0.4) is 0 Å². The first kappa shape index (κ1) is 17.3. The zero-order valence-electron chi connectivity index (χ0n) is 12.1. The maximum absolute atomic E-state index is 12.1. The van der Waals surface area contributed by atoms with E-state index in [1.54, 1.807) is 22.9 Å². The van der Waals surface area contributed by atoms with Gasteiger partial charge >= 0.3 is 0 Å². The molecule has 21 heavy (non-hydrogen) atoms. The quantitative estimate of drug-likeness (QED) is 0.850. The van der Waals surface area contributed by atoms with E-state index in [1.807, 2.05) is 20.9 Å². The van der Waals surface area contributed by atoms with Gasteiger partial charge in [0, 0.05) is 30.5 Å². The normalized spacial score (nSPS) is 10.1. The molecule has 1 heterocycles. The zero-order chi connectivity index (χ0) is 14.9. The molecule has 0 aliphatic carbocycles. The lowest BCUT2D eigenvalue weighted by Gasteiger charge is -2.08. The largest absolute Gasteiger partial charge is 0.399 e. The number of aryl methyl sites for hydroxylation is 2. The Morgan fingerprint density at radius 3 is 2.62 bits per heavy atom. The van der Waals surface area contributed by atoms with Gasteiger partial charge in [-0.25, -0.2) is 0 Å². The van der Waals surface area contributed by atoms with Gasteiger partial charge in [-0.2, -0.15) is 5.10 Å². The number of hydrogen-bond acceptors (Lipinski definition) is 3. The van der Waals surface area contributed by atoms with Crippen LogP contribution in [0.2, 0.25) is 5.02 Å². The summed E-state index contributed by atoms with van der Waals surface area (Å²) in [5.74, 6) is -0.224. The molecular weight excluding hydrogens is 311 g/mol. The van der Waals surface area contributed by atoms with Gasteiger partial charge in [-0.3, -0.25) is 9.48 Å². The molecule has 0 atom stereocenters. The number of anilines is 1. The first-order valence-corrected chi connectivity index (χ1v) is 6.60. The van der Waals surface area contributed by atoms with Gasteiger partial charge in [0.1, 0.15) is 0 Å². The highest BCUT2D eigenvalue weighted by molar-refractivity contribution is 6.34. The molecule has 114 valence electrons. The Bertz CT molecular complexity index is 667. The molecular formula is C14H18Cl2N4O. The zero-order valence-corrected chi connectivity index (χ0v) is 13.7. The summed E-state index contributed by atoms with van der Waals surface area (Å²) in [4.78, 5) is 12.1. The third kappa shape index (κ3) is 3.68. The lowest BCUT2D eigenvalue weighted by atomic mass is 10.1. The summed E-state index contributed by atoms with van der Waals surface area (Å²) in [6, 6.07) is 4.84. The highest BCUT2D eigenvalue weighted by Gasteiger charge is 2.13. The molecule has 0 aliphatic rings. The van der Waals surface area contributed by atoms with Crippen LogP contribution in [0, 0.1) is 13.8 Å². The predicted molar refractivity (Wildman–Crippen MR) is 87.0 cm³/mol. The van der Waals surface area contributed by atoms with Crippen molar-refractivity contribution >= 4 is 35.6 Å². The third-order valence-electron chi connectivity index (χ3n) is 3.32. The van der Waals surface area contributed by atoms with Crippen LogP contribution in [-0.2, 0) is 13.6 Å². The van der Waals surface area contributed by atoms with Crippen LogP contribution in [0.25, 0.3) is 0 Å². The van der Waals surface area contributed by atoms with Crippen LogP contribution in [-0.4, -0.2) is 15.7 Å². The molecule has 5 nitrogen and oxygen atoms in total. The highest BCUT2D eigenvalue weighted by Crippen LogP contribution is 2.19. The second kappa shape index (κ2) is 6.83. The van der Waals surface area contributed by atoms with E-state index in [9.17, 15) is 4.79 Å². The monoisotopic (exact) mass is 328 g/mol. The number of hydrogen-bond donors (Lipinski definition) is 2. The Hall–Kier alpha value is -1.72. The first-order valence-electron chi connectivity index (χ1n) is 6.22. The van der Waals surface area contributed by atoms with Crippen molar-refractivity contribution in [1.29, 1.82) is 0 Å². The number of amides is 1. The molecule has 1 aromatic heterocycles. The van der Waals surface area contributed by atoms with Crippen LogP contribution >= 0.6 is 24.0 Å². The van der Waals surface area contributed by atoms with E-state index < -0.39 is 0 Å². The number of halogens is 2. The molecule has 0 bridgehead atoms. The van der Waals surface area contributed by atoms with E-state index in [0.29, 0.717) is 22.8 Å². The van der Waals surface area contributed by atoms with E-state index in [0.717, 1.165) is 17.0 Å². The number of carbonyl (C=O) groups is 1. The molecule has 0 spiro atoms. The Balaban J connectivity index is 0.00000220. The van der Waals surface area contributed by atoms with Crippen LogP contribution in [0.4, 0.5) is 5.69 Å². The summed E-state index contributed by atoms with van der Waals surface area (Å²) in [6.45, 7) is 4.31. The van der Waals surface area contributed by atoms with Crippen LogP contribution < -0.4 is 11.1 Å². The van der Waals surface area contributed by atoms with E-state index in [1.165, 1.54) is 0 Å². The first-order chi connectivity index (χ1) is 9.40. The van der Waals surface area contributed by atoms with E-state index in [2.05, 4.69) is 10.4 Å². The fourth-order valence-corrected chi connectivity index (χ4v) is 2.33. The second-order valence-electron chi connectivity index (χ2n) is 4.69. The van der Waals surface area contributed by atoms with E-state index >= 15 is 0 Å². The van der Waals surface area contributed by atoms with Gasteiger partial charge in [0.25, 0.3) is 5.91 Å². The maximum Gasteiger partial charge on any atom is 0.253 e. The number of benzene rings is 1. The van der Waals surface area contributed by atoms with Gasteiger partial charge in [-0.05, 0) is 32.0 Å². The van der Waals surface area contributed by atoms with Gasteiger partial charge in [0.2, 0.25) is 0 Å². The number of nitrogens with zero attached hydrogens (tertiary/aromatic N) is 2. The predicted octanol–water partition coefficient (Wildman–Crippen LogP) is 2.62. The van der Waals surface area contributed by atoms with Crippen LogP contribution in [0.1, 0.15) is 27.3 Å². The van der Waals surface area contributed by atoms with Crippen molar-refractivity contribution in [3.63, 3.8) is 0 Å². The SMILES string of the molecule is Cc1nn(C)c(C)c1CNC(=O)c1ccc(N)cc1Cl.Cl. The van der Waals surface area contributed by atoms with Crippen molar-refractivity contribution in [2.45, 2.75) is 20.4 Å². The van der Waals surface area contributed by atoms with Crippen LogP contribution in [0.5, 0.6) is 0 Å². The molecule has 3 N–H and O–H groups in total. The summed E-state index contributed by atoms with van der Waals surface area (Å²) >= 11 is 6.02. The number of rotatable bonds is 3. The minimum Gasteiger partial charge on any atom is -0.399 e. The summed E-state index contributed by atoms with van der Waals surface area (Å²) < 4.78 is 1.80. The fraction of sp³-hybridized carbons (Fsp3) is 0.286. The topological polar surface area (TPSA) is 72.9 Å². The summed E-state index contributed by atoms with van der Waals surface area (Å²) in [5, 5.41) is 7.52. The van der Waals surface area contributed by atoms with E-state index in [4.69, 9.17) is 17.3 Å². The summed E-state index contributed by atoms with van der Waals surface area (Å²) in [5.41, 5.74) is 9.52. The molecule has 2 rings (SSSR count). The summed E-state index contributed by atoms with van der Waals surface area (Å²) in [6.07, 6.45) is 0. The molecule has 1 aromatic carbocycles. The number of nitrogens with one attached hydrogen (secondary N) is 1. The van der Waals surface area contributed by atoms with Crippen molar-refractivity contribution in [1.82, 2.24) is 15.1 Å². The van der Waals surface area contributed by atoms with Crippen LogP contribution in [0.15, 0.2) is 18.2 Å². The smallest absolute Gasteiger partial charge is 0.253 e. The van der Waals surface area contributed by atoms with Crippen molar-refractivity contribution in [2.75, 3.05) is 5.73 Å². The molecule has 0 unspecified atom stereocenters. The maximum atomic E-state index is 12.1. The highest BCUT2D eigenvalue weighted by atomic mass is 35.5. The second-order valence-corrected chi connectivity index (χ2v) is 5.10. The molecule has 0 radical (unpaired) electrons. The minimum absolute atomic E-state index is 0. The van der Waals surface area contributed by atoms with Gasteiger partial charge in [0.05, 0.1) is 16.3 Å². The van der Waals surface area contributed by atoms with Crippen molar-refractivity contribution < 1.29 is 4.79 Å². The van der Waals surface area contributed by atoms with Gasteiger partial charge in [-0.15, -0.1) is 12.4 Å². The standard InChI is InChI=1S/C14H17ClN4O.ClH/c1-8-12(9(2)19(3)18-8)7-17-14(20)11-5-4-10(16)6-13(11)15;/h4-6H,7,16H2,1-3H3,(H,17,20);1H. The molecule has 0 fully saturated rings. The van der Waals surface area contributed by atoms with Gasteiger partial charge < -0.3 is 11.1 Å². The lowest BCUT2D eigenvalue weighted by molar-refractivity contribution is 0.0951. The fourth-order valence-electron chi connectivity index (χ4n) is 2.05. The molecule has 2 aromatic rings. The molecule has 0 aliphatic heterocycles. The number of carbonyl (C=O) groups excluding carboxylic acids is 1. The van der Waals surface area contributed by atoms with Gasteiger partial charge in [-0.1, -0.05) is 11.6 Å². The Labute approximate surface area is 134 Å². The number of aromatic nitrogens is 2. The van der Waals surface area contributed by atoms with Gasteiger partial charge in [0.15, 0.2) is 0 Å². The molecule has 1 amide bonds. The van der Waals surface area contributed by atoms with Crippen molar-refractivity contribution in [2.24, 2.45) is 7.05 Å². The number of nitrogen functional groups attached to an aromatic ring is 1. The average Bonchev–Trinajstić information content (AvgIpc) is 2.61. The molecule has 0 saturated carbocycles. The Morgan fingerprint density at radius 1 is 1.43 bits per heavy atom. The molecule has 0 saturated heterocycles. The van der Waals surface area contributed by atoms with E-state index in [-0.39, 0.29) is 18.3 Å². The molecule has 7 heteroatoms. The van der Waals surface area contributed by atoms with Crippen molar-refractivity contribution in [3.8, 4) is 0 Å². The van der Waals surface area contributed by atoms with Crippen molar-refractivity contribution in [3.05, 3.63) is 45.7 Å². The average molecular weight is 329 g/mol. The summed E-state index contributed by atoms with van der Waals surface area (Å²) in [7, 11) is 1.88. The Morgan fingerprint density at radius 2 is 2.10 bits per heavy atom.